The first-order chi connectivity index (χ1) is 28.0. The Bertz CT molecular complexity index is 716. The van der Waals surface area contributed by atoms with Gasteiger partial charge in [0.1, 0.15) is 0 Å². The molecule has 8 nitrogen and oxygen atoms in total. The van der Waals surface area contributed by atoms with Gasteiger partial charge in [0.15, 0.2) is 0 Å². The van der Waals surface area contributed by atoms with Crippen LogP contribution in [0.5, 0.6) is 0 Å². The molecule has 0 fully saturated rings. The van der Waals surface area contributed by atoms with E-state index in [-0.39, 0.29) is 0 Å². The van der Waals surface area contributed by atoms with Crippen molar-refractivity contribution < 1.29 is 39.6 Å². The van der Waals surface area contributed by atoms with Crippen molar-refractivity contribution in [2.75, 3.05) is 0 Å². The Balaban J connectivity index is -0.000000359. The lowest BCUT2D eigenvalue weighted by molar-refractivity contribution is -0.138. The first-order valence-corrected chi connectivity index (χ1v) is 24.9. The van der Waals surface area contributed by atoms with Crippen LogP contribution in [0.25, 0.3) is 0 Å². The Morgan fingerprint density at radius 1 is 0.241 bits per heavy atom. The maximum absolute atomic E-state index is 10.3. The molecule has 0 unspecified atom stereocenters. The minimum Gasteiger partial charge on any atom is -0.481 e. The van der Waals surface area contributed by atoms with Crippen LogP contribution < -0.4 is 0 Å². The van der Waals surface area contributed by atoms with Crippen LogP contribution in [-0.2, 0) is 19.2 Å². The van der Waals surface area contributed by atoms with Gasteiger partial charge in [0.05, 0.1) is 0 Å². The zero-order valence-electron chi connectivity index (χ0n) is 39.1. The summed E-state index contributed by atoms with van der Waals surface area (Å²) in [4.78, 5) is 39.9. The molecule has 0 radical (unpaired) electrons. The fraction of sp³-hybridized carbons (Fsp3) is 0.920. The lowest BCUT2D eigenvalue weighted by Gasteiger charge is -2.02. The Kier molecular flexibility index (Phi) is 63.8. The molecule has 0 atom stereocenters. The molecule has 0 amide bonds. The minimum atomic E-state index is -0.833. The molecule has 4 N–H and O–H groups in total. The van der Waals surface area contributed by atoms with Crippen molar-refractivity contribution in [3.05, 3.63) is 0 Å². The van der Waals surface area contributed by atoms with Gasteiger partial charge < -0.3 is 20.4 Å². The molecule has 0 heterocycles. The maximum atomic E-state index is 10.3. The molecule has 8 heteroatoms. The van der Waals surface area contributed by atoms with Gasteiger partial charge in [-0.25, -0.2) is 0 Å². The number of carboxylic acids is 4. The molecule has 0 bridgehead atoms. The van der Waals surface area contributed by atoms with Gasteiger partial charge in [0.2, 0.25) is 0 Å². The largest absolute Gasteiger partial charge is 0.481 e. The van der Waals surface area contributed by atoms with E-state index in [1.807, 2.05) is 0 Å². The van der Waals surface area contributed by atoms with Gasteiger partial charge in [-0.2, -0.15) is 0 Å². The molecule has 0 rings (SSSR count). The Morgan fingerprint density at radius 2 is 0.345 bits per heavy atom. The van der Waals surface area contributed by atoms with Crippen LogP contribution >= 0.6 is 0 Å². The van der Waals surface area contributed by atoms with Crippen LogP contribution in [0.4, 0.5) is 0 Å². The zero-order valence-corrected chi connectivity index (χ0v) is 39.1. The summed E-state index contributed by atoms with van der Waals surface area (Å²) in [5.41, 5.74) is 0. The standard InChI is InChI=1S/3C16H32O2.C2H4O2/c3*1-2-3-4-5-6-7-8-9-10-11-12-13-14-15-16(17)18;1-2(3)4/h3*2-15H2,1H3,(H,17,18);1H3,(H,3,4). The fourth-order valence-electron chi connectivity index (χ4n) is 6.88. The first-order valence-electron chi connectivity index (χ1n) is 24.9. The van der Waals surface area contributed by atoms with Crippen LogP contribution in [0.15, 0.2) is 0 Å². The van der Waals surface area contributed by atoms with Gasteiger partial charge >= 0.3 is 17.9 Å². The van der Waals surface area contributed by atoms with E-state index in [1.165, 1.54) is 212 Å². The number of carbonyl (C=O) groups is 4. The van der Waals surface area contributed by atoms with Gasteiger partial charge in [0, 0.05) is 26.2 Å². The quantitative estimate of drug-likeness (QED) is 0.0444. The highest BCUT2D eigenvalue weighted by molar-refractivity contribution is 5.67. The van der Waals surface area contributed by atoms with Crippen molar-refractivity contribution in [1.82, 2.24) is 0 Å². The summed E-state index contributed by atoms with van der Waals surface area (Å²) >= 11 is 0. The van der Waals surface area contributed by atoms with E-state index in [1.54, 1.807) is 0 Å². The normalized spacial score (nSPS) is 10.4. The van der Waals surface area contributed by atoms with Crippen molar-refractivity contribution in [2.24, 2.45) is 0 Å². The second-order valence-electron chi connectivity index (χ2n) is 16.7. The van der Waals surface area contributed by atoms with Crippen LogP contribution in [0.3, 0.4) is 0 Å². The van der Waals surface area contributed by atoms with Gasteiger partial charge in [-0.1, -0.05) is 252 Å². The van der Waals surface area contributed by atoms with Crippen LogP contribution in [-0.4, -0.2) is 44.3 Å². The zero-order chi connectivity index (χ0) is 44.0. The van der Waals surface area contributed by atoms with E-state index in [0.29, 0.717) is 19.3 Å². The topological polar surface area (TPSA) is 149 Å². The van der Waals surface area contributed by atoms with E-state index in [0.717, 1.165) is 45.4 Å². The first kappa shape index (κ1) is 62.5. The molecular formula is C50H100O8. The number of carboxylic acid groups (broad SMARTS) is 4. The molecule has 58 heavy (non-hydrogen) atoms. The minimum absolute atomic E-state index is 0.345. The second-order valence-corrected chi connectivity index (χ2v) is 16.7. The van der Waals surface area contributed by atoms with E-state index < -0.39 is 23.9 Å². The molecule has 0 aliphatic carbocycles. The lowest BCUT2D eigenvalue weighted by Crippen LogP contribution is -1.93. The number of hydrogen-bond donors (Lipinski definition) is 4. The van der Waals surface area contributed by atoms with Gasteiger partial charge in [-0.05, 0) is 19.3 Å². The summed E-state index contributed by atoms with van der Waals surface area (Å²) in [6.45, 7) is 7.86. The van der Waals surface area contributed by atoms with Crippen molar-refractivity contribution in [3.63, 3.8) is 0 Å². The number of rotatable bonds is 42. The molecule has 348 valence electrons. The van der Waals surface area contributed by atoms with Gasteiger partial charge in [-0.3, -0.25) is 19.2 Å². The predicted molar refractivity (Wildman–Crippen MR) is 247 cm³/mol. The third-order valence-electron chi connectivity index (χ3n) is 10.5. The highest BCUT2D eigenvalue weighted by Gasteiger charge is 1.99. The second kappa shape index (κ2) is 59.2. The summed E-state index contributed by atoms with van der Waals surface area (Å²) in [5.74, 6) is -2.80. The SMILES string of the molecule is CC(=O)O.CCCCCCCCCCCCCCCC(=O)O.CCCCCCCCCCCCCCCC(=O)O.CCCCCCCCCCCCCCCC(=O)O. The van der Waals surface area contributed by atoms with Crippen LogP contribution in [0.1, 0.15) is 297 Å². The molecule has 0 saturated heterocycles. The monoisotopic (exact) mass is 829 g/mol. The molecule has 0 aromatic rings. The summed E-state index contributed by atoms with van der Waals surface area (Å²) in [5, 5.41) is 32.9. The number of hydrogen-bond acceptors (Lipinski definition) is 4. The molecule has 0 aromatic carbocycles. The predicted octanol–water partition coefficient (Wildman–Crippen LogP) is 16.7. The van der Waals surface area contributed by atoms with E-state index >= 15 is 0 Å². The highest BCUT2D eigenvalue weighted by atomic mass is 16.4. The number of unbranched alkanes of at least 4 members (excludes halogenated alkanes) is 36. The molecule has 0 aliphatic heterocycles. The van der Waals surface area contributed by atoms with E-state index in [9.17, 15) is 14.4 Å². The van der Waals surface area contributed by atoms with Crippen molar-refractivity contribution in [2.45, 2.75) is 297 Å². The lowest BCUT2D eigenvalue weighted by atomic mass is 10.0. The third kappa shape index (κ3) is 81.9. The highest BCUT2D eigenvalue weighted by Crippen LogP contribution is 2.15. The van der Waals surface area contributed by atoms with Crippen molar-refractivity contribution in [1.29, 1.82) is 0 Å². The van der Waals surface area contributed by atoms with E-state index in [2.05, 4.69) is 20.8 Å². The Morgan fingerprint density at radius 3 is 0.448 bits per heavy atom. The molecule has 0 saturated carbocycles. The smallest absolute Gasteiger partial charge is 0.303 e. The van der Waals surface area contributed by atoms with Crippen molar-refractivity contribution >= 4 is 23.9 Å². The van der Waals surface area contributed by atoms with Gasteiger partial charge in [-0.15, -0.1) is 0 Å². The Labute approximate surface area is 359 Å². The average Bonchev–Trinajstić information content (AvgIpc) is 3.17. The summed E-state index contributed by atoms with van der Waals surface area (Å²) in [7, 11) is 0. The molecule has 0 aromatic heterocycles. The summed E-state index contributed by atoms with van der Waals surface area (Å²) in [6, 6.07) is 0. The fourth-order valence-corrected chi connectivity index (χ4v) is 6.88. The van der Waals surface area contributed by atoms with E-state index in [4.69, 9.17) is 25.2 Å². The molecule has 0 aliphatic rings. The third-order valence-corrected chi connectivity index (χ3v) is 10.5. The molecular weight excluding hydrogens is 729 g/mol. The van der Waals surface area contributed by atoms with Crippen LogP contribution in [0, 0.1) is 0 Å². The summed E-state index contributed by atoms with van der Waals surface area (Å²) < 4.78 is 0. The maximum Gasteiger partial charge on any atom is 0.303 e. The Hall–Kier alpha value is -2.12. The van der Waals surface area contributed by atoms with Crippen LogP contribution in [0.2, 0.25) is 0 Å². The summed E-state index contributed by atoms with van der Waals surface area (Å²) in [6.07, 6.45) is 51.8. The average molecular weight is 829 g/mol. The van der Waals surface area contributed by atoms with Gasteiger partial charge in [0.25, 0.3) is 5.97 Å². The van der Waals surface area contributed by atoms with Crippen molar-refractivity contribution in [3.8, 4) is 0 Å². The molecule has 0 spiro atoms. The number of aliphatic carboxylic acids is 4.